The Bertz CT molecular complexity index is 1150. The van der Waals surface area contributed by atoms with Crippen LogP contribution in [0.25, 0.3) is 0 Å². The fraction of sp³-hybridized carbons (Fsp3) is 0.385. The third-order valence-electron chi connectivity index (χ3n) is 6.27. The predicted octanol–water partition coefficient (Wildman–Crippen LogP) is 4.56. The molecule has 0 spiro atoms. The molecule has 1 aliphatic heterocycles. The molecule has 4 rings (SSSR count). The molecule has 7 heteroatoms. The molecule has 0 fully saturated rings. The smallest absolute Gasteiger partial charge is 0.235 e. The molecule has 0 saturated heterocycles. The van der Waals surface area contributed by atoms with Crippen LogP contribution in [0.15, 0.2) is 58.9 Å². The second-order valence-electron chi connectivity index (χ2n) is 9.30. The number of Topliss-reactive ketones (excluding diaryl/α,β-unsaturated/α-hetero) is 1. The highest BCUT2D eigenvalue weighted by atomic mass is 16.5. The summed E-state index contributed by atoms with van der Waals surface area (Å²) in [6.07, 6.45) is 2.69. The molecular formula is C26H29N3O4. The van der Waals surface area contributed by atoms with Gasteiger partial charge in [0.25, 0.3) is 0 Å². The van der Waals surface area contributed by atoms with E-state index in [1.807, 2.05) is 19.1 Å². The van der Waals surface area contributed by atoms with Crippen molar-refractivity contribution in [1.29, 1.82) is 0 Å². The SMILES string of the molecule is COc1cccc([C@@H]2C3=C(CC(C)(C)CC3=O)N=C(C)C2C(=O)Nc2ccccn2)c1OC. The van der Waals surface area contributed by atoms with Crippen molar-refractivity contribution in [1.82, 2.24) is 4.98 Å². The summed E-state index contributed by atoms with van der Waals surface area (Å²) in [6, 6.07) is 10.9. The van der Waals surface area contributed by atoms with Crippen LogP contribution in [-0.2, 0) is 9.59 Å². The fourth-order valence-electron chi connectivity index (χ4n) is 4.92. The standard InChI is InChI=1S/C26H29N3O4/c1-15-21(25(31)29-20-11-6-7-12-27-20)22(16-9-8-10-19(32-4)24(16)33-5)23-17(28-15)13-26(2,3)14-18(23)30/h6-12,21-22H,13-14H2,1-5H3,(H,27,29,31)/t21?,22-/m0/s1. The van der Waals surface area contributed by atoms with Crippen LogP contribution in [0.5, 0.6) is 11.5 Å². The van der Waals surface area contributed by atoms with Crippen LogP contribution in [0.1, 0.15) is 45.1 Å². The lowest BCUT2D eigenvalue weighted by Crippen LogP contribution is -2.41. The van der Waals surface area contributed by atoms with E-state index >= 15 is 0 Å². The Balaban J connectivity index is 1.88. The molecule has 0 radical (unpaired) electrons. The van der Waals surface area contributed by atoms with Crippen LogP contribution < -0.4 is 14.8 Å². The summed E-state index contributed by atoms with van der Waals surface area (Å²) in [6.45, 7) is 5.99. The Labute approximate surface area is 193 Å². The van der Waals surface area contributed by atoms with Crippen molar-refractivity contribution in [2.75, 3.05) is 19.5 Å². The van der Waals surface area contributed by atoms with Gasteiger partial charge in [-0.1, -0.05) is 32.0 Å². The average Bonchev–Trinajstić information content (AvgIpc) is 2.77. The first-order valence-corrected chi connectivity index (χ1v) is 11.0. The van der Waals surface area contributed by atoms with Crippen molar-refractivity contribution in [3.63, 3.8) is 0 Å². The molecule has 172 valence electrons. The minimum atomic E-state index is -0.697. The number of methoxy groups -OCH3 is 2. The number of ketones is 1. The van der Waals surface area contributed by atoms with E-state index in [1.54, 1.807) is 44.7 Å². The number of para-hydroxylation sites is 1. The number of amides is 1. The van der Waals surface area contributed by atoms with Gasteiger partial charge in [0.15, 0.2) is 17.3 Å². The molecule has 1 aromatic carbocycles. The van der Waals surface area contributed by atoms with Crippen molar-refractivity contribution in [3.05, 3.63) is 59.4 Å². The van der Waals surface area contributed by atoms with Gasteiger partial charge in [0.05, 0.1) is 20.1 Å². The molecule has 2 aromatic rings. The topological polar surface area (TPSA) is 89.9 Å². The second-order valence-corrected chi connectivity index (χ2v) is 9.30. The zero-order valence-corrected chi connectivity index (χ0v) is 19.6. The van der Waals surface area contributed by atoms with E-state index in [2.05, 4.69) is 24.1 Å². The summed E-state index contributed by atoms with van der Waals surface area (Å²) in [4.78, 5) is 36.1. The maximum absolute atomic E-state index is 13.6. The Kier molecular flexibility index (Phi) is 6.06. The van der Waals surface area contributed by atoms with Gasteiger partial charge in [-0.05, 0) is 37.0 Å². The van der Waals surface area contributed by atoms with Crippen molar-refractivity contribution in [2.45, 2.75) is 39.5 Å². The summed E-state index contributed by atoms with van der Waals surface area (Å²) in [5.41, 5.74) is 2.54. The Morgan fingerprint density at radius 3 is 2.55 bits per heavy atom. The average molecular weight is 448 g/mol. The van der Waals surface area contributed by atoms with Crippen molar-refractivity contribution < 1.29 is 19.1 Å². The van der Waals surface area contributed by atoms with Gasteiger partial charge in [0.2, 0.25) is 5.91 Å². The molecule has 33 heavy (non-hydrogen) atoms. The molecule has 2 atom stereocenters. The molecular weight excluding hydrogens is 418 g/mol. The van der Waals surface area contributed by atoms with E-state index in [9.17, 15) is 9.59 Å². The van der Waals surface area contributed by atoms with Gasteiger partial charge in [0.1, 0.15) is 5.82 Å². The number of hydrogen-bond acceptors (Lipinski definition) is 6. The largest absolute Gasteiger partial charge is 0.493 e. The number of hydrogen-bond donors (Lipinski definition) is 1. The van der Waals surface area contributed by atoms with Crippen LogP contribution in [0.3, 0.4) is 0 Å². The lowest BCUT2D eigenvalue weighted by atomic mass is 9.66. The molecule has 0 saturated carbocycles. The number of rotatable bonds is 5. The van der Waals surface area contributed by atoms with Gasteiger partial charge < -0.3 is 14.8 Å². The molecule has 2 aliphatic rings. The zero-order valence-electron chi connectivity index (χ0n) is 19.6. The van der Waals surface area contributed by atoms with Crippen molar-refractivity contribution >= 4 is 23.2 Å². The number of nitrogens with one attached hydrogen (secondary N) is 1. The molecule has 1 amide bonds. The number of aliphatic imine (C=N–C) groups is 1. The van der Waals surface area contributed by atoms with Gasteiger partial charge in [-0.2, -0.15) is 0 Å². The molecule has 7 nitrogen and oxygen atoms in total. The predicted molar refractivity (Wildman–Crippen MR) is 127 cm³/mol. The minimum absolute atomic E-state index is 0.0167. The highest BCUT2D eigenvalue weighted by molar-refractivity contribution is 6.13. The van der Waals surface area contributed by atoms with E-state index in [4.69, 9.17) is 14.5 Å². The normalized spacial score (nSPS) is 21.7. The second kappa shape index (κ2) is 8.81. The first-order valence-electron chi connectivity index (χ1n) is 11.0. The number of ether oxygens (including phenoxy) is 2. The third kappa shape index (κ3) is 4.27. The summed E-state index contributed by atoms with van der Waals surface area (Å²) >= 11 is 0. The number of allylic oxidation sites excluding steroid dienone is 2. The summed E-state index contributed by atoms with van der Waals surface area (Å²) in [5, 5.41) is 2.90. The van der Waals surface area contributed by atoms with E-state index in [0.717, 1.165) is 11.3 Å². The first-order chi connectivity index (χ1) is 15.8. The Morgan fingerprint density at radius 2 is 1.88 bits per heavy atom. The van der Waals surface area contributed by atoms with Crippen LogP contribution >= 0.6 is 0 Å². The van der Waals surface area contributed by atoms with E-state index in [-0.39, 0.29) is 17.1 Å². The van der Waals surface area contributed by atoms with Gasteiger partial charge in [0, 0.05) is 41.1 Å². The third-order valence-corrected chi connectivity index (χ3v) is 6.27. The molecule has 2 heterocycles. The number of benzene rings is 1. The molecule has 0 bridgehead atoms. The van der Waals surface area contributed by atoms with E-state index in [0.29, 0.717) is 41.4 Å². The van der Waals surface area contributed by atoms with Crippen LogP contribution in [-0.4, -0.2) is 36.6 Å². The maximum Gasteiger partial charge on any atom is 0.235 e. The monoisotopic (exact) mass is 447 g/mol. The van der Waals surface area contributed by atoms with Gasteiger partial charge in [-0.15, -0.1) is 0 Å². The van der Waals surface area contributed by atoms with Gasteiger partial charge >= 0.3 is 0 Å². The maximum atomic E-state index is 13.6. The Morgan fingerprint density at radius 1 is 1.09 bits per heavy atom. The van der Waals surface area contributed by atoms with Crippen LogP contribution in [0, 0.1) is 11.3 Å². The first kappa shape index (κ1) is 22.7. The van der Waals surface area contributed by atoms with Crippen molar-refractivity contribution in [3.8, 4) is 11.5 Å². The molecule has 1 N–H and O–H groups in total. The van der Waals surface area contributed by atoms with Crippen LogP contribution in [0.2, 0.25) is 0 Å². The number of anilines is 1. The van der Waals surface area contributed by atoms with Crippen LogP contribution in [0.4, 0.5) is 5.82 Å². The molecule has 1 aromatic heterocycles. The number of nitrogens with zero attached hydrogens (tertiary/aromatic N) is 2. The number of aromatic nitrogens is 1. The number of pyridine rings is 1. The Hall–Kier alpha value is -3.48. The zero-order chi connectivity index (χ0) is 23.8. The lowest BCUT2D eigenvalue weighted by Gasteiger charge is -2.39. The van der Waals surface area contributed by atoms with Gasteiger partial charge in [-0.3, -0.25) is 14.6 Å². The summed E-state index contributed by atoms with van der Waals surface area (Å²) in [7, 11) is 3.13. The highest BCUT2D eigenvalue weighted by Gasteiger charge is 2.46. The lowest BCUT2D eigenvalue weighted by molar-refractivity contribution is -0.119. The van der Waals surface area contributed by atoms with Gasteiger partial charge in [-0.25, -0.2) is 4.98 Å². The fourth-order valence-corrected chi connectivity index (χ4v) is 4.92. The molecule has 1 aliphatic carbocycles. The molecule has 1 unspecified atom stereocenters. The summed E-state index contributed by atoms with van der Waals surface area (Å²) in [5.74, 6) is 0.0101. The number of carbonyl (C=O) groups excluding carboxylic acids is 2. The number of carbonyl (C=O) groups is 2. The quantitative estimate of drug-likeness (QED) is 0.726. The highest BCUT2D eigenvalue weighted by Crippen LogP contribution is 2.50. The van der Waals surface area contributed by atoms with Crippen molar-refractivity contribution in [2.24, 2.45) is 16.3 Å². The minimum Gasteiger partial charge on any atom is -0.493 e. The van der Waals surface area contributed by atoms with E-state index in [1.165, 1.54) is 0 Å². The van der Waals surface area contributed by atoms with E-state index < -0.39 is 11.8 Å². The summed E-state index contributed by atoms with van der Waals surface area (Å²) < 4.78 is 11.2.